The number of nitrogens with one attached hydrogen (secondary N) is 2. The summed E-state index contributed by atoms with van der Waals surface area (Å²) in [6, 6.07) is 12.1. The second-order valence-electron chi connectivity index (χ2n) is 5.11. The molecule has 1 unspecified atom stereocenters. The van der Waals surface area contributed by atoms with Gasteiger partial charge in [-0.25, -0.2) is 4.79 Å². The number of nitrogens with zero attached hydrogens (tertiary/aromatic N) is 2. The third-order valence-corrected chi connectivity index (χ3v) is 5.16. The highest BCUT2D eigenvalue weighted by molar-refractivity contribution is 7.18. The van der Waals surface area contributed by atoms with Crippen LogP contribution >= 0.6 is 22.7 Å². The van der Waals surface area contributed by atoms with Crippen molar-refractivity contribution in [3.8, 4) is 10.6 Å². The first-order chi connectivity index (χ1) is 12.1. The molecule has 128 valence electrons. The van der Waals surface area contributed by atoms with Gasteiger partial charge in [0.05, 0.1) is 12.5 Å². The molecule has 3 rings (SSSR count). The van der Waals surface area contributed by atoms with Crippen LogP contribution in [0.5, 0.6) is 0 Å². The van der Waals surface area contributed by atoms with Crippen LogP contribution in [0.3, 0.4) is 0 Å². The van der Waals surface area contributed by atoms with E-state index in [9.17, 15) is 9.59 Å². The van der Waals surface area contributed by atoms with Gasteiger partial charge in [0, 0.05) is 10.4 Å². The van der Waals surface area contributed by atoms with E-state index in [4.69, 9.17) is 5.73 Å². The van der Waals surface area contributed by atoms with Crippen LogP contribution in [0.1, 0.15) is 17.3 Å². The molecule has 4 N–H and O–H groups in total. The third-order valence-electron chi connectivity index (χ3n) is 3.28. The van der Waals surface area contributed by atoms with E-state index in [0.29, 0.717) is 5.13 Å². The van der Waals surface area contributed by atoms with Gasteiger partial charge in [0.25, 0.3) is 0 Å². The van der Waals surface area contributed by atoms with Crippen LogP contribution in [0.25, 0.3) is 10.6 Å². The molecule has 0 spiro atoms. The first kappa shape index (κ1) is 17.1. The Morgan fingerprint density at radius 1 is 1.12 bits per heavy atom. The molecule has 0 fully saturated rings. The summed E-state index contributed by atoms with van der Waals surface area (Å²) in [7, 11) is 0. The number of urea groups is 1. The maximum atomic E-state index is 12.3. The van der Waals surface area contributed by atoms with Gasteiger partial charge in [-0.05, 0) is 11.4 Å². The van der Waals surface area contributed by atoms with Gasteiger partial charge in [0.15, 0.2) is 0 Å². The molecule has 0 aliphatic rings. The van der Waals surface area contributed by atoms with Crippen molar-refractivity contribution in [3.63, 3.8) is 0 Å². The lowest BCUT2D eigenvalue weighted by molar-refractivity contribution is -0.116. The average Bonchev–Trinajstić information content (AvgIpc) is 3.26. The largest absolute Gasteiger partial charge is 0.352 e. The number of aromatic nitrogens is 2. The van der Waals surface area contributed by atoms with E-state index in [2.05, 4.69) is 20.8 Å². The third kappa shape index (κ3) is 4.61. The number of benzene rings is 1. The number of carbonyl (C=O) groups excluding carboxylic acids is 2. The second-order valence-corrected chi connectivity index (χ2v) is 7.06. The predicted molar refractivity (Wildman–Crippen MR) is 98.4 cm³/mol. The minimum Gasteiger partial charge on any atom is -0.352 e. The van der Waals surface area contributed by atoms with Gasteiger partial charge in [-0.15, -0.1) is 21.5 Å². The molecule has 0 aliphatic heterocycles. The standard InChI is InChI=1S/C16H15N5O2S2/c17-15(23)18-11(12-7-4-8-24-12)9-13(22)19-16-21-20-14(25-16)10-5-2-1-3-6-10/h1-8,11H,9H2,(H3,17,18,23)(H,19,21,22). The van der Waals surface area contributed by atoms with Gasteiger partial charge < -0.3 is 16.4 Å². The summed E-state index contributed by atoms with van der Waals surface area (Å²) in [6.45, 7) is 0. The zero-order chi connectivity index (χ0) is 17.6. The Kier molecular flexibility index (Phi) is 5.36. The molecule has 0 aliphatic carbocycles. The van der Waals surface area contributed by atoms with E-state index in [0.717, 1.165) is 15.4 Å². The van der Waals surface area contributed by atoms with Crippen LogP contribution in [0.15, 0.2) is 47.8 Å². The van der Waals surface area contributed by atoms with Crippen molar-refractivity contribution in [1.82, 2.24) is 15.5 Å². The van der Waals surface area contributed by atoms with Crippen molar-refractivity contribution in [2.45, 2.75) is 12.5 Å². The number of anilines is 1. The zero-order valence-electron chi connectivity index (χ0n) is 13.0. The van der Waals surface area contributed by atoms with Gasteiger partial charge in [-0.1, -0.05) is 47.7 Å². The van der Waals surface area contributed by atoms with Crippen LogP contribution in [-0.4, -0.2) is 22.1 Å². The molecule has 25 heavy (non-hydrogen) atoms. The fourth-order valence-corrected chi connectivity index (χ4v) is 3.75. The maximum absolute atomic E-state index is 12.3. The van der Waals surface area contributed by atoms with Crippen LogP contribution < -0.4 is 16.4 Å². The molecule has 0 saturated heterocycles. The molecule has 9 heteroatoms. The monoisotopic (exact) mass is 373 g/mol. The highest BCUT2D eigenvalue weighted by atomic mass is 32.1. The fraction of sp³-hybridized carbons (Fsp3) is 0.125. The minimum atomic E-state index is -0.673. The summed E-state index contributed by atoms with van der Waals surface area (Å²) >= 11 is 2.74. The summed E-state index contributed by atoms with van der Waals surface area (Å²) in [5, 5.41) is 16.4. The molecular weight excluding hydrogens is 358 g/mol. The Bertz CT molecular complexity index is 849. The summed E-state index contributed by atoms with van der Waals surface area (Å²) in [5.41, 5.74) is 6.14. The Morgan fingerprint density at radius 2 is 1.92 bits per heavy atom. The van der Waals surface area contributed by atoms with E-state index >= 15 is 0 Å². The number of rotatable bonds is 6. The lowest BCUT2D eigenvalue weighted by atomic mass is 10.1. The summed E-state index contributed by atoms with van der Waals surface area (Å²) < 4.78 is 0. The molecular formula is C16H15N5O2S2. The molecule has 3 amide bonds. The van der Waals surface area contributed by atoms with E-state index < -0.39 is 12.1 Å². The van der Waals surface area contributed by atoms with Crippen molar-refractivity contribution >= 4 is 39.7 Å². The quantitative estimate of drug-likeness (QED) is 0.617. The number of carbonyl (C=O) groups is 2. The van der Waals surface area contributed by atoms with E-state index in [1.54, 1.807) is 0 Å². The molecule has 1 aromatic carbocycles. The summed E-state index contributed by atoms with van der Waals surface area (Å²) in [5.74, 6) is -0.275. The SMILES string of the molecule is NC(=O)NC(CC(=O)Nc1nnc(-c2ccccc2)s1)c1cccs1. The van der Waals surface area contributed by atoms with Crippen molar-refractivity contribution < 1.29 is 9.59 Å². The molecule has 2 heterocycles. The first-order valence-corrected chi connectivity index (χ1v) is 9.09. The molecule has 3 aromatic rings. The number of hydrogen-bond donors (Lipinski definition) is 3. The van der Waals surface area contributed by atoms with Crippen molar-refractivity contribution in [2.24, 2.45) is 5.73 Å². The highest BCUT2D eigenvalue weighted by Crippen LogP contribution is 2.27. The number of hydrogen-bond acceptors (Lipinski definition) is 6. The number of nitrogens with two attached hydrogens (primary N) is 1. The zero-order valence-corrected chi connectivity index (χ0v) is 14.6. The number of primary amides is 1. The van der Waals surface area contributed by atoms with Gasteiger partial charge >= 0.3 is 6.03 Å². The van der Waals surface area contributed by atoms with Gasteiger partial charge in [-0.3, -0.25) is 4.79 Å². The highest BCUT2D eigenvalue weighted by Gasteiger charge is 2.19. The fourth-order valence-electron chi connectivity index (χ4n) is 2.21. The Morgan fingerprint density at radius 3 is 2.60 bits per heavy atom. The Hall–Kier alpha value is -2.78. The van der Waals surface area contributed by atoms with Gasteiger partial charge in [0.1, 0.15) is 5.01 Å². The molecule has 0 bridgehead atoms. The van der Waals surface area contributed by atoms with Gasteiger partial charge in [0.2, 0.25) is 11.0 Å². The summed E-state index contributed by atoms with van der Waals surface area (Å²) in [6.07, 6.45) is 0.0592. The minimum absolute atomic E-state index is 0.0592. The van der Waals surface area contributed by atoms with Crippen molar-refractivity contribution in [2.75, 3.05) is 5.32 Å². The smallest absolute Gasteiger partial charge is 0.312 e. The van der Waals surface area contributed by atoms with Crippen molar-refractivity contribution in [1.29, 1.82) is 0 Å². The number of thiophene rings is 1. The normalized spacial score (nSPS) is 11.7. The van der Waals surface area contributed by atoms with Crippen LogP contribution in [0, 0.1) is 0 Å². The van der Waals surface area contributed by atoms with Crippen molar-refractivity contribution in [3.05, 3.63) is 52.7 Å². The van der Waals surface area contributed by atoms with E-state index in [1.807, 2.05) is 47.8 Å². The summed E-state index contributed by atoms with van der Waals surface area (Å²) in [4.78, 5) is 24.3. The van der Waals surface area contributed by atoms with Crippen LogP contribution in [0.4, 0.5) is 9.93 Å². The van der Waals surface area contributed by atoms with Crippen LogP contribution in [-0.2, 0) is 4.79 Å². The second kappa shape index (κ2) is 7.86. The molecule has 1 atom stereocenters. The predicted octanol–water partition coefficient (Wildman–Crippen LogP) is 3.00. The molecule has 0 radical (unpaired) electrons. The lowest BCUT2D eigenvalue weighted by Crippen LogP contribution is -2.34. The lowest BCUT2D eigenvalue weighted by Gasteiger charge is -2.15. The Labute approximate surface area is 151 Å². The van der Waals surface area contributed by atoms with Gasteiger partial charge in [-0.2, -0.15) is 0 Å². The van der Waals surface area contributed by atoms with Crippen LogP contribution in [0.2, 0.25) is 0 Å². The molecule has 2 aromatic heterocycles. The first-order valence-electron chi connectivity index (χ1n) is 7.40. The van der Waals surface area contributed by atoms with E-state index in [1.165, 1.54) is 22.7 Å². The topological polar surface area (TPSA) is 110 Å². The maximum Gasteiger partial charge on any atom is 0.312 e. The molecule has 7 nitrogen and oxygen atoms in total. The molecule has 0 saturated carbocycles. The number of amides is 3. The Balaban J connectivity index is 1.65. The van der Waals surface area contributed by atoms with E-state index in [-0.39, 0.29) is 12.3 Å². The average molecular weight is 373 g/mol.